The quantitative estimate of drug-likeness (QED) is 0.804. The average molecular weight is 255 g/mol. The first-order valence-corrected chi connectivity index (χ1v) is 6.23. The van der Waals surface area contributed by atoms with Gasteiger partial charge in [-0.3, -0.25) is 4.90 Å². The van der Waals surface area contributed by atoms with Gasteiger partial charge in [0.25, 0.3) is 0 Å². The number of hydrogen-bond acceptors (Lipinski definition) is 2. The van der Waals surface area contributed by atoms with Gasteiger partial charge in [0.05, 0.1) is 0 Å². The van der Waals surface area contributed by atoms with Gasteiger partial charge in [0, 0.05) is 24.7 Å². The van der Waals surface area contributed by atoms with Crippen LogP contribution >= 0.6 is 0 Å². The van der Waals surface area contributed by atoms with Crippen molar-refractivity contribution in [1.29, 1.82) is 0 Å². The number of halogens is 2. The fourth-order valence-corrected chi connectivity index (χ4v) is 2.18. The second kappa shape index (κ2) is 4.84. The van der Waals surface area contributed by atoms with Gasteiger partial charge in [0.1, 0.15) is 11.9 Å². The van der Waals surface area contributed by atoms with E-state index in [1.165, 1.54) is 0 Å². The Balaban J connectivity index is 2.01. The molecule has 1 fully saturated rings. The van der Waals surface area contributed by atoms with Gasteiger partial charge in [-0.05, 0) is 39.3 Å². The SMILES string of the molecule is CC(C)(C)N1CC[C@@H](Oc2cc(F)ccc2F)C1. The molecule has 18 heavy (non-hydrogen) atoms. The monoisotopic (exact) mass is 255 g/mol. The Morgan fingerprint density at radius 2 is 2.00 bits per heavy atom. The Morgan fingerprint density at radius 3 is 2.61 bits per heavy atom. The minimum Gasteiger partial charge on any atom is -0.486 e. The summed E-state index contributed by atoms with van der Waals surface area (Å²) in [5, 5.41) is 0. The van der Waals surface area contributed by atoms with E-state index < -0.39 is 11.6 Å². The molecular weight excluding hydrogens is 236 g/mol. The molecule has 4 heteroatoms. The molecule has 0 saturated carbocycles. The molecule has 0 unspecified atom stereocenters. The van der Waals surface area contributed by atoms with Crippen molar-refractivity contribution in [1.82, 2.24) is 4.90 Å². The third kappa shape index (κ3) is 2.99. The predicted octanol–water partition coefficient (Wildman–Crippen LogP) is 3.22. The summed E-state index contributed by atoms with van der Waals surface area (Å²) in [6, 6.07) is 3.30. The standard InChI is InChI=1S/C14H19F2NO/c1-14(2,3)17-7-6-11(9-17)18-13-8-10(15)4-5-12(13)16/h4-5,8,11H,6-7,9H2,1-3H3/t11-/m1/s1. The van der Waals surface area contributed by atoms with Crippen LogP contribution in [-0.4, -0.2) is 29.6 Å². The Labute approximate surface area is 107 Å². The van der Waals surface area contributed by atoms with Gasteiger partial charge in [-0.2, -0.15) is 0 Å². The van der Waals surface area contributed by atoms with Crippen LogP contribution in [0, 0.1) is 11.6 Å². The lowest BCUT2D eigenvalue weighted by Crippen LogP contribution is -2.40. The molecule has 0 aliphatic carbocycles. The van der Waals surface area contributed by atoms with E-state index in [1.54, 1.807) is 0 Å². The van der Waals surface area contributed by atoms with Crippen molar-refractivity contribution in [2.24, 2.45) is 0 Å². The van der Waals surface area contributed by atoms with E-state index in [0.717, 1.165) is 37.7 Å². The number of hydrogen-bond donors (Lipinski definition) is 0. The van der Waals surface area contributed by atoms with Crippen LogP contribution in [0.1, 0.15) is 27.2 Å². The number of ether oxygens (including phenoxy) is 1. The fraction of sp³-hybridized carbons (Fsp3) is 0.571. The first-order valence-electron chi connectivity index (χ1n) is 6.23. The highest BCUT2D eigenvalue weighted by Gasteiger charge is 2.31. The predicted molar refractivity (Wildman–Crippen MR) is 66.7 cm³/mol. The molecule has 0 spiro atoms. The molecule has 2 nitrogen and oxygen atoms in total. The van der Waals surface area contributed by atoms with E-state index in [-0.39, 0.29) is 17.4 Å². The minimum absolute atomic E-state index is 0.00996. The summed E-state index contributed by atoms with van der Waals surface area (Å²) >= 11 is 0. The highest BCUT2D eigenvalue weighted by Crippen LogP contribution is 2.26. The Morgan fingerprint density at radius 1 is 1.28 bits per heavy atom. The summed E-state index contributed by atoms with van der Waals surface area (Å²) in [5.41, 5.74) is 0.0819. The summed E-state index contributed by atoms with van der Waals surface area (Å²) in [6.45, 7) is 8.08. The summed E-state index contributed by atoms with van der Waals surface area (Å²) in [4.78, 5) is 2.29. The van der Waals surface area contributed by atoms with E-state index in [4.69, 9.17) is 4.74 Å². The normalized spacial score (nSPS) is 21.3. The molecule has 1 aromatic rings. The summed E-state index contributed by atoms with van der Waals surface area (Å²) in [6.07, 6.45) is 0.772. The van der Waals surface area contributed by atoms with Gasteiger partial charge in [0.2, 0.25) is 0 Å². The molecule has 100 valence electrons. The topological polar surface area (TPSA) is 12.5 Å². The van der Waals surface area contributed by atoms with Crippen molar-refractivity contribution in [3.63, 3.8) is 0 Å². The molecule has 0 radical (unpaired) electrons. The molecule has 0 aromatic heterocycles. The number of likely N-dealkylation sites (tertiary alicyclic amines) is 1. The molecule has 1 aromatic carbocycles. The molecule has 0 bridgehead atoms. The Bertz CT molecular complexity index is 428. The molecule has 1 aliphatic rings. The van der Waals surface area contributed by atoms with Gasteiger partial charge in [-0.1, -0.05) is 0 Å². The largest absolute Gasteiger partial charge is 0.486 e. The Kier molecular flexibility index (Phi) is 3.57. The van der Waals surface area contributed by atoms with Gasteiger partial charge in [0.15, 0.2) is 11.6 Å². The van der Waals surface area contributed by atoms with E-state index in [1.807, 2.05) is 0 Å². The smallest absolute Gasteiger partial charge is 0.165 e. The van der Waals surface area contributed by atoms with Crippen LogP contribution in [0.5, 0.6) is 5.75 Å². The van der Waals surface area contributed by atoms with Crippen LogP contribution in [0.4, 0.5) is 8.78 Å². The molecule has 1 aliphatic heterocycles. The molecule has 1 atom stereocenters. The zero-order valence-electron chi connectivity index (χ0n) is 11.0. The van der Waals surface area contributed by atoms with Gasteiger partial charge in [-0.15, -0.1) is 0 Å². The Hall–Kier alpha value is -1.16. The van der Waals surface area contributed by atoms with Crippen molar-refractivity contribution < 1.29 is 13.5 Å². The van der Waals surface area contributed by atoms with Crippen molar-refractivity contribution in [3.05, 3.63) is 29.8 Å². The van der Waals surface area contributed by atoms with Crippen molar-refractivity contribution in [2.45, 2.75) is 38.8 Å². The van der Waals surface area contributed by atoms with Gasteiger partial charge in [-0.25, -0.2) is 8.78 Å². The van der Waals surface area contributed by atoms with Gasteiger partial charge < -0.3 is 4.74 Å². The molecule has 1 heterocycles. The molecular formula is C14H19F2NO. The molecule has 2 rings (SSSR count). The maximum atomic E-state index is 13.4. The van der Waals surface area contributed by atoms with Crippen LogP contribution in [0.2, 0.25) is 0 Å². The minimum atomic E-state index is -0.509. The second-order valence-electron chi connectivity index (χ2n) is 5.72. The summed E-state index contributed by atoms with van der Waals surface area (Å²) in [5.74, 6) is -0.974. The van der Waals surface area contributed by atoms with Crippen LogP contribution in [0.25, 0.3) is 0 Å². The third-order valence-corrected chi connectivity index (χ3v) is 3.28. The van der Waals surface area contributed by atoms with Crippen LogP contribution in [0.3, 0.4) is 0 Å². The first kappa shape index (κ1) is 13.3. The molecule has 1 saturated heterocycles. The zero-order chi connectivity index (χ0) is 13.3. The van der Waals surface area contributed by atoms with E-state index in [0.29, 0.717) is 0 Å². The lowest BCUT2D eigenvalue weighted by molar-refractivity contribution is 0.138. The van der Waals surface area contributed by atoms with Crippen LogP contribution < -0.4 is 4.74 Å². The fourth-order valence-electron chi connectivity index (χ4n) is 2.18. The molecule has 0 amide bonds. The highest BCUT2D eigenvalue weighted by molar-refractivity contribution is 5.25. The van der Waals surface area contributed by atoms with Crippen LogP contribution in [0.15, 0.2) is 18.2 Å². The first-order chi connectivity index (χ1) is 8.36. The van der Waals surface area contributed by atoms with Crippen molar-refractivity contribution in [2.75, 3.05) is 13.1 Å². The second-order valence-corrected chi connectivity index (χ2v) is 5.72. The molecule has 0 N–H and O–H groups in total. The zero-order valence-corrected chi connectivity index (χ0v) is 11.0. The summed E-state index contributed by atoms with van der Waals surface area (Å²) in [7, 11) is 0. The lowest BCUT2D eigenvalue weighted by Gasteiger charge is -2.31. The third-order valence-electron chi connectivity index (χ3n) is 3.28. The average Bonchev–Trinajstić information content (AvgIpc) is 2.71. The van der Waals surface area contributed by atoms with Crippen LogP contribution in [-0.2, 0) is 0 Å². The number of rotatable bonds is 2. The maximum Gasteiger partial charge on any atom is 0.165 e. The van der Waals surface area contributed by atoms with Gasteiger partial charge >= 0.3 is 0 Å². The van der Waals surface area contributed by atoms with E-state index in [2.05, 4.69) is 25.7 Å². The maximum absolute atomic E-state index is 13.4. The number of benzene rings is 1. The highest BCUT2D eigenvalue weighted by atomic mass is 19.1. The van der Waals surface area contributed by atoms with Crippen molar-refractivity contribution >= 4 is 0 Å². The van der Waals surface area contributed by atoms with E-state index >= 15 is 0 Å². The van der Waals surface area contributed by atoms with Crippen molar-refractivity contribution in [3.8, 4) is 5.75 Å². The number of nitrogens with zero attached hydrogens (tertiary/aromatic N) is 1. The lowest BCUT2D eigenvalue weighted by atomic mass is 10.1. The summed E-state index contributed by atoms with van der Waals surface area (Å²) < 4.78 is 32.0. The van der Waals surface area contributed by atoms with E-state index in [9.17, 15) is 8.78 Å².